The van der Waals surface area contributed by atoms with E-state index in [1.807, 2.05) is 6.07 Å². The van der Waals surface area contributed by atoms with Crippen LogP contribution in [0.2, 0.25) is 0 Å². The second-order valence-electron chi connectivity index (χ2n) is 3.54. The molecule has 0 aliphatic carbocycles. The summed E-state index contributed by atoms with van der Waals surface area (Å²) in [5.74, 6) is -0.193. The number of ether oxygens (including phenoxy) is 2. The number of hydrogen-bond acceptors (Lipinski definition) is 7. The summed E-state index contributed by atoms with van der Waals surface area (Å²) in [6, 6.07) is 8.12. The van der Waals surface area contributed by atoms with E-state index in [9.17, 15) is 10.1 Å². The minimum atomic E-state index is -0.692. The molecule has 0 bridgehead atoms. The van der Waals surface area contributed by atoms with Crippen LogP contribution in [0.4, 0.5) is 5.69 Å². The number of methoxy groups -OCH3 is 1. The van der Waals surface area contributed by atoms with E-state index in [2.05, 4.69) is 9.97 Å². The summed E-state index contributed by atoms with van der Waals surface area (Å²) in [4.78, 5) is 17.7. The second kappa shape index (κ2) is 5.62. The minimum Gasteiger partial charge on any atom is -0.476 e. The third-order valence-electron chi connectivity index (χ3n) is 2.31. The lowest BCUT2D eigenvalue weighted by molar-refractivity contribution is -0.387. The van der Waals surface area contributed by atoms with Crippen molar-refractivity contribution in [1.82, 2.24) is 9.97 Å². The van der Waals surface area contributed by atoms with Gasteiger partial charge in [-0.25, -0.2) is 0 Å². The molecule has 0 spiro atoms. The molecule has 2 rings (SSSR count). The van der Waals surface area contributed by atoms with E-state index in [0.717, 1.165) is 6.33 Å². The zero-order valence-corrected chi connectivity index (χ0v) is 10.3. The van der Waals surface area contributed by atoms with E-state index < -0.39 is 10.6 Å². The number of hydrogen-bond donors (Lipinski definition) is 0. The summed E-state index contributed by atoms with van der Waals surface area (Å²) in [5.41, 5.74) is -0.108. The Balaban J connectivity index is 2.43. The van der Waals surface area contributed by atoms with Crippen molar-refractivity contribution < 1.29 is 14.4 Å². The third-order valence-corrected chi connectivity index (χ3v) is 2.31. The number of nitro groups is 1. The van der Waals surface area contributed by atoms with Crippen LogP contribution in [0.15, 0.2) is 30.6 Å². The average Bonchev–Trinajstić information content (AvgIpc) is 2.46. The van der Waals surface area contributed by atoms with Gasteiger partial charge in [-0.05, 0) is 18.2 Å². The molecule has 0 aliphatic heterocycles. The molecule has 1 aromatic carbocycles. The van der Waals surface area contributed by atoms with Gasteiger partial charge in [-0.15, -0.1) is 0 Å². The molecule has 0 saturated carbocycles. The van der Waals surface area contributed by atoms with Crippen LogP contribution in [0, 0.1) is 21.4 Å². The predicted octanol–water partition coefficient (Wildman–Crippen LogP) is 2.06. The van der Waals surface area contributed by atoms with Crippen LogP contribution < -0.4 is 9.47 Å². The van der Waals surface area contributed by atoms with Gasteiger partial charge in [0, 0.05) is 0 Å². The summed E-state index contributed by atoms with van der Waals surface area (Å²) in [6.45, 7) is 0. The molecule has 0 fully saturated rings. The summed E-state index contributed by atoms with van der Waals surface area (Å²) < 4.78 is 10.1. The highest BCUT2D eigenvalue weighted by Crippen LogP contribution is 2.35. The van der Waals surface area contributed by atoms with Crippen molar-refractivity contribution in [2.45, 2.75) is 0 Å². The lowest BCUT2D eigenvalue weighted by Gasteiger charge is -2.06. The highest BCUT2D eigenvalue weighted by molar-refractivity contribution is 5.51. The van der Waals surface area contributed by atoms with Crippen molar-refractivity contribution in [1.29, 1.82) is 5.26 Å². The van der Waals surface area contributed by atoms with Gasteiger partial charge in [0.25, 0.3) is 0 Å². The summed E-state index contributed by atoms with van der Waals surface area (Å²) in [6.07, 6.45) is 1.09. The van der Waals surface area contributed by atoms with Gasteiger partial charge in [0.05, 0.1) is 23.7 Å². The largest absolute Gasteiger partial charge is 0.476 e. The first-order valence-electron chi connectivity index (χ1n) is 5.37. The number of nitriles is 1. The zero-order chi connectivity index (χ0) is 14.5. The molecule has 8 heteroatoms. The van der Waals surface area contributed by atoms with E-state index >= 15 is 0 Å². The highest BCUT2D eigenvalue weighted by Gasteiger charge is 2.25. The normalized spacial score (nSPS) is 9.60. The van der Waals surface area contributed by atoms with Crippen LogP contribution in [-0.4, -0.2) is 22.0 Å². The first-order chi connectivity index (χ1) is 9.65. The smallest absolute Gasteiger partial charge is 0.392 e. The average molecular weight is 272 g/mol. The number of nitrogens with zero attached hydrogens (tertiary/aromatic N) is 4. The van der Waals surface area contributed by atoms with E-state index in [-0.39, 0.29) is 17.5 Å². The number of aromatic nitrogens is 2. The Hall–Kier alpha value is -3.21. The fourth-order valence-electron chi connectivity index (χ4n) is 1.47. The van der Waals surface area contributed by atoms with Gasteiger partial charge >= 0.3 is 17.4 Å². The Bertz CT molecular complexity index is 696. The molecule has 2 aromatic rings. The van der Waals surface area contributed by atoms with Gasteiger partial charge in [-0.2, -0.15) is 15.2 Å². The van der Waals surface area contributed by atoms with Crippen LogP contribution in [0.25, 0.3) is 0 Å². The zero-order valence-electron chi connectivity index (χ0n) is 10.3. The Morgan fingerprint density at radius 3 is 2.75 bits per heavy atom. The fraction of sp³-hybridized carbons (Fsp3) is 0.0833. The molecule has 0 atom stereocenters. The maximum absolute atomic E-state index is 11.0. The fourth-order valence-corrected chi connectivity index (χ4v) is 1.47. The van der Waals surface area contributed by atoms with Crippen molar-refractivity contribution >= 4 is 5.69 Å². The van der Waals surface area contributed by atoms with Crippen molar-refractivity contribution in [3.63, 3.8) is 0 Å². The maximum Gasteiger partial charge on any atom is 0.392 e. The maximum atomic E-state index is 11.0. The number of benzene rings is 1. The van der Waals surface area contributed by atoms with Gasteiger partial charge in [0.2, 0.25) is 0 Å². The van der Waals surface area contributed by atoms with Crippen molar-refractivity contribution in [2.75, 3.05) is 7.11 Å². The molecule has 1 aromatic heterocycles. The van der Waals surface area contributed by atoms with Gasteiger partial charge in [0.15, 0.2) is 0 Å². The predicted molar refractivity (Wildman–Crippen MR) is 66.5 cm³/mol. The molecular weight excluding hydrogens is 264 g/mol. The molecule has 0 unspecified atom stereocenters. The van der Waals surface area contributed by atoms with Gasteiger partial charge in [-0.1, -0.05) is 6.07 Å². The van der Waals surface area contributed by atoms with Crippen LogP contribution in [0.3, 0.4) is 0 Å². The van der Waals surface area contributed by atoms with Gasteiger partial charge in [-0.3, -0.25) is 10.1 Å². The SMILES string of the molecule is COc1ncnc(Oc2cccc(C#N)c2)c1[N+](=O)[O-]. The molecule has 100 valence electrons. The molecule has 0 radical (unpaired) electrons. The standard InChI is InChI=1S/C12H8N4O4/c1-19-11-10(16(17)18)12(15-7-14-11)20-9-4-2-3-8(5-9)6-13/h2-5,7H,1H3. The van der Waals surface area contributed by atoms with Crippen LogP contribution in [0.1, 0.15) is 5.56 Å². The topological polar surface area (TPSA) is 111 Å². The lowest BCUT2D eigenvalue weighted by atomic mass is 10.2. The first kappa shape index (κ1) is 13.2. The number of rotatable bonds is 4. The Morgan fingerprint density at radius 2 is 2.10 bits per heavy atom. The minimum absolute atomic E-state index is 0.198. The Kier molecular flexibility index (Phi) is 3.72. The molecule has 0 saturated heterocycles. The summed E-state index contributed by atoms with van der Waals surface area (Å²) in [7, 11) is 1.26. The quantitative estimate of drug-likeness (QED) is 0.618. The van der Waals surface area contributed by atoms with Crippen molar-refractivity contribution in [3.05, 3.63) is 46.3 Å². The van der Waals surface area contributed by atoms with Crippen LogP contribution in [0.5, 0.6) is 17.5 Å². The third kappa shape index (κ3) is 2.62. The molecule has 1 heterocycles. The van der Waals surface area contributed by atoms with E-state index in [0.29, 0.717) is 5.56 Å². The Labute approximate surface area is 113 Å². The van der Waals surface area contributed by atoms with Crippen LogP contribution >= 0.6 is 0 Å². The van der Waals surface area contributed by atoms with Gasteiger partial charge < -0.3 is 9.47 Å². The van der Waals surface area contributed by atoms with E-state index in [1.165, 1.54) is 13.2 Å². The van der Waals surface area contributed by atoms with Crippen molar-refractivity contribution in [3.8, 4) is 23.6 Å². The molecule has 0 amide bonds. The molecular formula is C12H8N4O4. The van der Waals surface area contributed by atoms with Gasteiger partial charge in [0.1, 0.15) is 12.1 Å². The van der Waals surface area contributed by atoms with Crippen LogP contribution in [-0.2, 0) is 0 Å². The first-order valence-corrected chi connectivity index (χ1v) is 5.37. The van der Waals surface area contributed by atoms with Crippen molar-refractivity contribution in [2.24, 2.45) is 0 Å². The van der Waals surface area contributed by atoms with E-state index in [4.69, 9.17) is 14.7 Å². The lowest BCUT2D eigenvalue weighted by Crippen LogP contribution is -2.01. The summed E-state index contributed by atoms with van der Waals surface area (Å²) in [5, 5.41) is 19.8. The Morgan fingerprint density at radius 1 is 1.35 bits per heavy atom. The summed E-state index contributed by atoms with van der Waals surface area (Å²) >= 11 is 0. The molecule has 0 aliphatic rings. The molecule has 8 nitrogen and oxygen atoms in total. The molecule has 0 N–H and O–H groups in total. The van der Waals surface area contributed by atoms with E-state index in [1.54, 1.807) is 18.2 Å². The highest BCUT2D eigenvalue weighted by atomic mass is 16.6. The molecule has 20 heavy (non-hydrogen) atoms. The monoisotopic (exact) mass is 272 g/mol. The second-order valence-corrected chi connectivity index (χ2v) is 3.54.